The van der Waals surface area contributed by atoms with Crippen LogP contribution in [0, 0.1) is 0 Å². The number of carboxylic acids is 2. The van der Waals surface area contributed by atoms with Crippen molar-refractivity contribution in [2.75, 3.05) is 0 Å². The molecule has 6 nitrogen and oxygen atoms in total. The maximum Gasteiger partial charge on any atom is 0.332 e. The van der Waals surface area contributed by atoms with Gasteiger partial charge in [-0.25, -0.2) is 9.59 Å². The zero-order chi connectivity index (χ0) is 34.4. The molecule has 0 aliphatic heterocycles. The van der Waals surface area contributed by atoms with Crippen LogP contribution in [0.4, 0.5) is 0 Å². The van der Waals surface area contributed by atoms with Crippen molar-refractivity contribution in [1.82, 2.24) is 0 Å². The van der Waals surface area contributed by atoms with Crippen LogP contribution in [-0.4, -0.2) is 44.6 Å². The normalized spacial score (nSPS) is 12.4. The van der Waals surface area contributed by atoms with Gasteiger partial charge in [0, 0.05) is 0 Å². The molecule has 0 aromatic rings. The summed E-state index contributed by atoms with van der Waals surface area (Å²) in [4.78, 5) is 20.9. The van der Waals surface area contributed by atoms with E-state index in [1.54, 1.807) is 0 Å². The third-order valence-electron chi connectivity index (χ3n) is 9.23. The van der Waals surface area contributed by atoms with Crippen molar-refractivity contribution < 1.29 is 30.0 Å². The van der Waals surface area contributed by atoms with Crippen LogP contribution in [0.1, 0.15) is 232 Å². The molecule has 0 aromatic carbocycles. The lowest BCUT2D eigenvalue weighted by Gasteiger charge is -2.05. The van der Waals surface area contributed by atoms with E-state index in [1.165, 1.54) is 180 Å². The smallest absolute Gasteiger partial charge is 0.332 e. The number of unbranched alkanes of at least 4 members (excludes halogenated alkanes) is 30. The first-order valence-corrected chi connectivity index (χ1v) is 20.2. The van der Waals surface area contributed by atoms with Crippen LogP contribution in [0.15, 0.2) is 0 Å². The fourth-order valence-corrected chi connectivity index (χ4v) is 6.02. The van der Waals surface area contributed by atoms with Gasteiger partial charge in [0.2, 0.25) is 0 Å². The van der Waals surface area contributed by atoms with Crippen molar-refractivity contribution in [3.05, 3.63) is 0 Å². The molecule has 2 atom stereocenters. The third kappa shape index (κ3) is 40.9. The number of aliphatic hydroxyl groups excluding tert-OH is 2. The summed E-state index contributed by atoms with van der Waals surface area (Å²) >= 11 is 0. The van der Waals surface area contributed by atoms with Gasteiger partial charge in [-0.3, -0.25) is 0 Å². The van der Waals surface area contributed by atoms with Gasteiger partial charge in [-0.2, -0.15) is 0 Å². The van der Waals surface area contributed by atoms with Gasteiger partial charge in [0.1, 0.15) is 0 Å². The summed E-state index contributed by atoms with van der Waals surface area (Å²) in [6.45, 7) is 4.54. The van der Waals surface area contributed by atoms with Gasteiger partial charge >= 0.3 is 11.9 Å². The lowest BCUT2D eigenvalue weighted by Crippen LogP contribution is -2.18. The summed E-state index contributed by atoms with van der Waals surface area (Å²) < 4.78 is 0. The molecule has 0 unspecified atom stereocenters. The van der Waals surface area contributed by atoms with Crippen LogP contribution in [0.3, 0.4) is 0 Å². The Morgan fingerprint density at radius 1 is 0.326 bits per heavy atom. The van der Waals surface area contributed by atoms with Crippen molar-refractivity contribution >= 4 is 11.9 Å². The first-order valence-electron chi connectivity index (χ1n) is 20.2. The highest BCUT2D eigenvalue weighted by molar-refractivity contribution is 5.72. The molecule has 6 heteroatoms. The molecule has 0 aliphatic carbocycles. The largest absolute Gasteiger partial charge is 0.479 e. The Hall–Kier alpha value is -1.14. The van der Waals surface area contributed by atoms with Gasteiger partial charge in [-0.05, 0) is 12.8 Å². The highest BCUT2D eigenvalue weighted by atomic mass is 16.4. The SMILES string of the molecule is CCCCCCCCCCCCCCCCCC[C@H](O)C(=O)O.CCCCCCCCCCCCCCCCCC[C@H](O)C(=O)O. The molecular formula is C40H80O6. The summed E-state index contributed by atoms with van der Waals surface area (Å²) in [5, 5.41) is 35.4. The number of carbonyl (C=O) groups is 2. The molecule has 0 aromatic heterocycles. The Labute approximate surface area is 285 Å². The third-order valence-corrected chi connectivity index (χ3v) is 9.23. The first-order chi connectivity index (χ1) is 22.4. The van der Waals surface area contributed by atoms with Crippen molar-refractivity contribution in [3.63, 3.8) is 0 Å². The fraction of sp³-hybridized carbons (Fsp3) is 0.950. The van der Waals surface area contributed by atoms with Gasteiger partial charge in [0.25, 0.3) is 0 Å². The number of hydrogen-bond donors (Lipinski definition) is 4. The summed E-state index contributed by atoms with van der Waals surface area (Å²) in [7, 11) is 0. The maximum atomic E-state index is 10.4. The van der Waals surface area contributed by atoms with Crippen molar-refractivity contribution in [2.45, 2.75) is 244 Å². The molecule has 0 bridgehead atoms. The summed E-state index contributed by atoms with van der Waals surface area (Å²) in [5.41, 5.74) is 0. The maximum absolute atomic E-state index is 10.4. The van der Waals surface area contributed by atoms with Crippen LogP contribution >= 0.6 is 0 Å². The molecular weight excluding hydrogens is 576 g/mol. The monoisotopic (exact) mass is 657 g/mol. The van der Waals surface area contributed by atoms with Crippen LogP contribution < -0.4 is 0 Å². The molecule has 4 N–H and O–H groups in total. The summed E-state index contributed by atoms with van der Waals surface area (Å²) in [6, 6.07) is 0. The molecule has 46 heavy (non-hydrogen) atoms. The molecule has 0 radical (unpaired) electrons. The van der Waals surface area contributed by atoms with E-state index in [0.29, 0.717) is 12.8 Å². The molecule has 0 fully saturated rings. The first kappa shape index (κ1) is 47.0. The summed E-state index contributed by atoms with van der Waals surface area (Å²) in [6.07, 6.45) is 40.4. The zero-order valence-electron chi connectivity index (χ0n) is 30.8. The minimum absolute atomic E-state index is 0.397. The molecule has 0 spiro atoms. The molecule has 0 saturated carbocycles. The molecule has 0 aliphatic rings. The van der Waals surface area contributed by atoms with Gasteiger partial charge in [0.05, 0.1) is 0 Å². The zero-order valence-corrected chi connectivity index (χ0v) is 30.8. The molecule has 276 valence electrons. The number of aliphatic hydroxyl groups is 2. The molecule has 0 heterocycles. The van der Waals surface area contributed by atoms with Crippen LogP contribution in [-0.2, 0) is 9.59 Å². The fourth-order valence-electron chi connectivity index (χ4n) is 6.02. The molecule has 0 rings (SSSR count). The van der Waals surface area contributed by atoms with E-state index in [0.717, 1.165) is 25.7 Å². The topological polar surface area (TPSA) is 115 Å². The second-order valence-corrected chi connectivity index (χ2v) is 13.9. The highest BCUT2D eigenvalue weighted by Gasteiger charge is 2.12. The second kappa shape index (κ2) is 40.0. The molecule has 0 amide bonds. The lowest BCUT2D eigenvalue weighted by atomic mass is 10.0. The van der Waals surface area contributed by atoms with E-state index in [9.17, 15) is 9.59 Å². The number of rotatable bonds is 36. The van der Waals surface area contributed by atoms with Crippen LogP contribution in [0.2, 0.25) is 0 Å². The van der Waals surface area contributed by atoms with Crippen molar-refractivity contribution in [3.8, 4) is 0 Å². The predicted octanol–water partition coefficient (Wildman–Crippen LogP) is 12.2. The van der Waals surface area contributed by atoms with E-state index >= 15 is 0 Å². The highest BCUT2D eigenvalue weighted by Crippen LogP contribution is 2.16. The van der Waals surface area contributed by atoms with Crippen molar-refractivity contribution in [2.24, 2.45) is 0 Å². The average molecular weight is 657 g/mol. The van der Waals surface area contributed by atoms with E-state index < -0.39 is 24.1 Å². The van der Waals surface area contributed by atoms with Crippen molar-refractivity contribution in [1.29, 1.82) is 0 Å². The Bertz CT molecular complexity index is 559. The van der Waals surface area contributed by atoms with E-state index in [2.05, 4.69) is 13.8 Å². The Balaban J connectivity index is 0. The van der Waals surface area contributed by atoms with Gasteiger partial charge in [-0.15, -0.1) is 0 Å². The Morgan fingerprint density at radius 2 is 0.478 bits per heavy atom. The average Bonchev–Trinajstić information content (AvgIpc) is 3.04. The number of hydrogen-bond acceptors (Lipinski definition) is 4. The quantitative estimate of drug-likeness (QED) is 0.0499. The van der Waals surface area contributed by atoms with E-state index in [4.69, 9.17) is 20.4 Å². The Kier molecular flexibility index (Phi) is 40.9. The second-order valence-electron chi connectivity index (χ2n) is 13.9. The minimum atomic E-state index is -1.17. The summed E-state index contributed by atoms with van der Waals surface area (Å²) in [5.74, 6) is -2.18. The lowest BCUT2D eigenvalue weighted by molar-refractivity contribution is -0.147. The van der Waals surface area contributed by atoms with Gasteiger partial charge < -0.3 is 20.4 Å². The van der Waals surface area contributed by atoms with E-state index in [-0.39, 0.29) is 0 Å². The number of aliphatic carboxylic acids is 2. The van der Waals surface area contributed by atoms with Crippen LogP contribution in [0.25, 0.3) is 0 Å². The van der Waals surface area contributed by atoms with E-state index in [1.807, 2.05) is 0 Å². The Morgan fingerprint density at radius 3 is 0.630 bits per heavy atom. The van der Waals surface area contributed by atoms with Crippen LogP contribution in [0.5, 0.6) is 0 Å². The molecule has 0 saturated heterocycles. The van der Waals surface area contributed by atoms with Gasteiger partial charge in [0.15, 0.2) is 12.2 Å². The predicted molar refractivity (Wildman–Crippen MR) is 196 cm³/mol. The standard InChI is InChI=1S/2C20H40O3/c2*1-2-3-4-5-6-7-8-9-10-11-12-13-14-15-16-17-18-19(21)20(22)23/h2*19,21H,2-18H2,1H3,(H,22,23)/t2*19-/m00/s1. The number of carboxylic acid groups (broad SMARTS) is 2. The van der Waals surface area contributed by atoms with Gasteiger partial charge in [-0.1, -0.05) is 219 Å². The minimum Gasteiger partial charge on any atom is -0.479 e.